The van der Waals surface area contributed by atoms with E-state index in [1.165, 1.54) is 24.3 Å². The van der Waals surface area contributed by atoms with Gasteiger partial charge in [-0.1, -0.05) is 41.9 Å². The molecule has 4 amide bonds. The molecular weight excluding hydrogens is 462 g/mol. The standard InChI is InChI=1S/C24H16ClN3O6/c25-17-4-1-3-16(11-17)14-34-20-9-7-15(8-10-20)12-21-22(29)26-24(31)27(23(21)30)18-5-2-6-19(13-18)28(32)33/h1-13H,14H2,(H,26,29,31)/b21-12+. The number of carbonyl (C=O) groups excluding carboxylic acids is 3. The van der Waals surface area contributed by atoms with Gasteiger partial charge in [0.15, 0.2) is 0 Å². The molecule has 0 bridgehead atoms. The molecule has 1 fully saturated rings. The van der Waals surface area contributed by atoms with Crippen LogP contribution in [-0.2, 0) is 16.2 Å². The molecule has 1 N–H and O–H groups in total. The van der Waals surface area contributed by atoms with Gasteiger partial charge in [-0.3, -0.25) is 25.0 Å². The van der Waals surface area contributed by atoms with Crippen molar-refractivity contribution in [3.63, 3.8) is 0 Å². The van der Waals surface area contributed by atoms with E-state index in [1.807, 2.05) is 12.1 Å². The minimum absolute atomic E-state index is 0.0279. The van der Waals surface area contributed by atoms with Crippen LogP contribution in [-0.4, -0.2) is 22.8 Å². The number of halogens is 1. The minimum atomic E-state index is -0.989. The number of barbiturate groups is 1. The molecule has 0 aliphatic carbocycles. The van der Waals surface area contributed by atoms with Crippen molar-refractivity contribution in [2.45, 2.75) is 6.61 Å². The molecule has 34 heavy (non-hydrogen) atoms. The van der Waals surface area contributed by atoms with E-state index in [2.05, 4.69) is 5.32 Å². The van der Waals surface area contributed by atoms with Crippen LogP contribution < -0.4 is 15.0 Å². The van der Waals surface area contributed by atoms with Gasteiger partial charge in [-0.2, -0.15) is 0 Å². The Bertz CT molecular complexity index is 1340. The number of nitro benzene ring substituents is 1. The van der Waals surface area contributed by atoms with Crippen molar-refractivity contribution in [3.8, 4) is 5.75 Å². The topological polar surface area (TPSA) is 119 Å². The molecule has 3 aromatic carbocycles. The molecule has 0 radical (unpaired) electrons. The molecule has 0 unspecified atom stereocenters. The number of hydrogen-bond donors (Lipinski definition) is 1. The number of benzene rings is 3. The molecule has 1 aliphatic rings. The van der Waals surface area contributed by atoms with Crippen molar-refractivity contribution in [1.82, 2.24) is 5.32 Å². The maximum atomic E-state index is 13.0. The molecule has 0 spiro atoms. The van der Waals surface area contributed by atoms with Gasteiger partial charge in [0, 0.05) is 17.2 Å². The van der Waals surface area contributed by atoms with Crippen molar-refractivity contribution in [1.29, 1.82) is 0 Å². The summed E-state index contributed by atoms with van der Waals surface area (Å²) in [6, 6.07) is 17.9. The number of non-ortho nitro benzene ring substituents is 1. The van der Waals surface area contributed by atoms with Crippen LogP contribution in [0.25, 0.3) is 6.08 Å². The first kappa shape index (κ1) is 22.7. The molecule has 0 aromatic heterocycles. The Kier molecular flexibility index (Phi) is 6.37. The molecule has 3 aromatic rings. The summed E-state index contributed by atoms with van der Waals surface area (Å²) < 4.78 is 5.72. The number of anilines is 1. The average molecular weight is 478 g/mol. The number of nitrogens with one attached hydrogen (secondary N) is 1. The highest BCUT2D eigenvalue weighted by Gasteiger charge is 2.37. The number of nitrogens with zero attached hydrogens (tertiary/aromatic N) is 2. The number of rotatable bonds is 6. The maximum Gasteiger partial charge on any atom is 0.335 e. The van der Waals surface area contributed by atoms with Crippen LogP contribution in [0.2, 0.25) is 5.02 Å². The van der Waals surface area contributed by atoms with Crippen molar-refractivity contribution in [2.75, 3.05) is 4.90 Å². The molecule has 4 rings (SSSR count). The fourth-order valence-electron chi connectivity index (χ4n) is 3.26. The lowest BCUT2D eigenvalue weighted by atomic mass is 10.1. The van der Waals surface area contributed by atoms with Crippen LogP contribution in [0.1, 0.15) is 11.1 Å². The summed E-state index contributed by atoms with van der Waals surface area (Å²) in [7, 11) is 0. The van der Waals surface area contributed by atoms with E-state index in [4.69, 9.17) is 16.3 Å². The number of imide groups is 2. The highest BCUT2D eigenvalue weighted by Crippen LogP contribution is 2.26. The molecular formula is C24H16ClN3O6. The molecule has 9 nitrogen and oxygen atoms in total. The van der Waals surface area contributed by atoms with E-state index < -0.39 is 22.8 Å². The Balaban J connectivity index is 1.53. The number of amides is 4. The van der Waals surface area contributed by atoms with Crippen molar-refractivity contribution in [2.24, 2.45) is 0 Å². The lowest BCUT2D eigenvalue weighted by Crippen LogP contribution is -2.54. The van der Waals surface area contributed by atoms with Crippen LogP contribution >= 0.6 is 11.6 Å². The number of carbonyl (C=O) groups is 3. The van der Waals surface area contributed by atoms with Crippen LogP contribution in [0, 0.1) is 10.1 Å². The zero-order valence-electron chi connectivity index (χ0n) is 17.4. The van der Waals surface area contributed by atoms with Gasteiger partial charge < -0.3 is 4.74 Å². The fraction of sp³-hybridized carbons (Fsp3) is 0.0417. The Morgan fingerprint density at radius 1 is 1.00 bits per heavy atom. The predicted molar refractivity (Wildman–Crippen MR) is 124 cm³/mol. The van der Waals surface area contributed by atoms with Crippen LogP contribution in [0.5, 0.6) is 5.75 Å². The normalized spacial score (nSPS) is 14.8. The molecule has 10 heteroatoms. The van der Waals surface area contributed by atoms with E-state index in [9.17, 15) is 24.5 Å². The maximum absolute atomic E-state index is 13.0. The van der Waals surface area contributed by atoms with Gasteiger partial charge in [0.2, 0.25) is 0 Å². The summed E-state index contributed by atoms with van der Waals surface area (Å²) in [6.45, 7) is 0.308. The molecule has 170 valence electrons. The summed E-state index contributed by atoms with van der Waals surface area (Å²) in [5.74, 6) is -1.19. The van der Waals surface area contributed by atoms with E-state index in [0.717, 1.165) is 11.6 Å². The zero-order valence-corrected chi connectivity index (χ0v) is 18.2. The van der Waals surface area contributed by atoms with Gasteiger partial charge in [0.25, 0.3) is 17.5 Å². The second kappa shape index (κ2) is 9.55. The smallest absolute Gasteiger partial charge is 0.335 e. The fourth-order valence-corrected chi connectivity index (χ4v) is 3.47. The summed E-state index contributed by atoms with van der Waals surface area (Å²) >= 11 is 5.97. The minimum Gasteiger partial charge on any atom is -0.489 e. The molecule has 1 heterocycles. The lowest BCUT2D eigenvalue weighted by Gasteiger charge is -2.26. The third kappa shape index (κ3) is 4.94. The highest BCUT2D eigenvalue weighted by atomic mass is 35.5. The number of nitro groups is 1. The van der Waals surface area contributed by atoms with E-state index in [-0.39, 0.29) is 16.9 Å². The van der Waals surface area contributed by atoms with Gasteiger partial charge >= 0.3 is 6.03 Å². The van der Waals surface area contributed by atoms with Gasteiger partial charge in [0.05, 0.1) is 10.6 Å². The van der Waals surface area contributed by atoms with E-state index in [1.54, 1.807) is 36.4 Å². The second-order valence-electron chi connectivity index (χ2n) is 7.22. The predicted octanol–water partition coefficient (Wildman–Crippen LogP) is 4.49. The average Bonchev–Trinajstić information content (AvgIpc) is 2.81. The monoisotopic (exact) mass is 477 g/mol. The van der Waals surface area contributed by atoms with Crippen molar-refractivity contribution in [3.05, 3.63) is 105 Å². The molecule has 1 aliphatic heterocycles. The summed E-state index contributed by atoms with van der Waals surface area (Å²) in [4.78, 5) is 48.7. The van der Waals surface area contributed by atoms with Gasteiger partial charge in [0.1, 0.15) is 17.9 Å². The first-order valence-corrected chi connectivity index (χ1v) is 10.3. The number of hydrogen-bond acceptors (Lipinski definition) is 6. The Morgan fingerprint density at radius 3 is 2.44 bits per heavy atom. The Labute approximate surface area is 198 Å². The van der Waals surface area contributed by atoms with Crippen LogP contribution in [0.4, 0.5) is 16.2 Å². The third-order valence-electron chi connectivity index (χ3n) is 4.89. The summed E-state index contributed by atoms with van der Waals surface area (Å²) in [5.41, 5.74) is 0.795. The Hall–Kier alpha value is -4.50. The largest absolute Gasteiger partial charge is 0.489 e. The van der Waals surface area contributed by atoms with Crippen LogP contribution in [0.15, 0.2) is 78.4 Å². The summed E-state index contributed by atoms with van der Waals surface area (Å²) in [6.07, 6.45) is 1.33. The van der Waals surface area contributed by atoms with E-state index >= 15 is 0 Å². The lowest BCUT2D eigenvalue weighted by molar-refractivity contribution is -0.384. The SMILES string of the molecule is O=C1NC(=O)N(c2cccc([N+](=O)[O-])c2)C(=O)/C1=C/c1ccc(OCc2cccc(Cl)c2)cc1. The first-order chi connectivity index (χ1) is 16.3. The molecule has 0 atom stereocenters. The highest BCUT2D eigenvalue weighted by molar-refractivity contribution is 6.39. The van der Waals surface area contributed by atoms with Gasteiger partial charge in [-0.15, -0.1) is 0 Å². The first-order valence-electron chi connectivity index (χ1n) is 9.95. The summed E-state index contributed by atoms with van der Waals surface area (Å²) in [5, 5.41) is 13.7. The van der Waals surface area contributed by atoms with Gasteiger partial charge in [-0.25, -0.2) is 9.69 Å². The van der Waals surface area contributed by atoms with Crippen LogP contribution in [0.3, 0.4) is 0 Å². The zero-order chi connectivity index (χ0) is 24.2. The van der Waals surface area contributed by atoms with Crippen molar-refractivity contribution >= 4 is 46.9 Å². The molecule has 0 saturated carbocycles. The van der Waals surface area contributed by atoms with E-state index in [0.29, 0.717) is 27.8 Å². The van der Waals surface area contributed by atoms with Gasteiger partial charge in [-0.05, 0) is 47.5 Å². The number of urea groups is 1. The number of ether oxygens (including phenoxy) is 1. The second-order valence-corrected chi connectivity index (χ2v) is 7.66. The third-order valence-corrected chi connectivity index (χ3v) is 5.12. The molecule has 1 saturated heterocycles. The quantitative estimate of drug-likeness (QED) is 0.242. The Morgan fingerprint density at radius 2 is 1.74 bits per heavy atom. The van der Waals surface area contributed by atoms with Crippen molar-refractivity contribution < 1.29 is 24.0 Å².